The minimum Gasteiger partial charge on any atom is -0.321 e. The van der Waals surface area contributed by atoms with Crippen LogP contribution >= 0.6 is 46.6 Å². The first-order chi connectivity index (χ1) is 12.5. The number of hydrogen-bond donors (Lipinski definition) is 1. The maximum absolute atomic E-state index is 12.7. The Morgan fingerprint density at radius 1 is 0.846 bits per heavy atom. The SMILES string of the molecule is O=C(Nc1cc(Cl)c(Cl)cc1Cl)c1ccccc1SCc1ccccc1. The second-order valence-corrected chi connectivity index (χ2v) is 7.71. The van der Waals surface area contributed by atoms with Gasteiger partial charge >= 0.3 is 0 Å². The summed E-state index contributed by atoms with van der Waals surface area (Å²) in [5.74, 6) is 0.528. The van der Waals surface area contributed by atoms with Crippen molar-refractivity contribution in [3.8, 4) is 0 Å². The molecule has 0 unspecified atom stereocenters. The summed E-state index contributed by atoms with van der Waals surface area (Å²) in [4.78, 5) is 13.6. The molecule has 0 aliphatic rings. The number of halogens is 3. The molecule has 0 saturated carbocycles. The van der Waals surface area contributed by atoms with Gasteiger partial charge < -0.3 is 5.32 Å². The molecule has 6 heteroatoms. The van der Waals surface area contributed by atoms with Crippen molar-refractivity contribution in [1.82, 2.24) is 0 Å². The van der Waals surface area contributed by atoms with E-state index in [9.17, 15) is 4.79 Å². The van der Waals surface area contributed by atoms with E-state index in [1.807, 2.05) is 36.4 Å². The summed E-state index contributed by atoms with van der Waals surface area (Å²) in [7, 11) is 0. The molecule has 132 valence electrons. The van der Waals surface area contributed by atoms with E-state index < -0.39 is 0 Å². The maximum Gasteiger partial charge on any atom is 0.256 e. The van der Waals surface area contributed by atoms with E-state index in [2.05, 4.69) is 17.4 Å². The molecule has 26 heavy (non-hydrogen) atoms. The fourth-order valence-corrected chi connectivity index (χ4v) is 3.92. The van der Waals surface area contributed by atoms with Crippen molar-refractivity contribution < 1.29 is 4.79 Å². The van der Waals surface area contributed by atoms with E-state index in [1.165, 1.54) is 11.6 Å². The zero-order valence-corrected chi connectivity index (χ0v) is 16.6. The van der Waals surface area contributed by atoms with Crippen LogP contribution in [-0.2, 0) is 5.75 Å². The van der Waals surface area contributed by atoms with Crippen molar-refractivity contribution in [3.05, 3.63) is 92.9 Å². The minimum absolute atomic E-state index is 0.249. The first-order valence-corrected chi connectivity index (χ1v) is 9.88. The molecule has 1 N–H and O–H groups in total. The van der Waals surface area contributed by atoms with Crippen LogP contribution in [0.2, 0.25) is 15.1 Å². The lowest BCUT2D eigenvalue weighted by Crippen LogP contribution is -2.13. The highest BCUT2D eigenvalue weighted by atomic mass is 35.5. The third kappa shape index (κ3) is 4.74. The molecular formula is C20H14Cl3NOS. The van der Waals surface area contributed by atoms with Gasteiger partial charge in [-0.1, -0.05) is 77.3 Å². The summed E-state index contributed by atoms with van der Waals surface area (Å²) in [6, 6.07) is 20.6. The lowest BCUT2D eigenvalue weighted by atomic mass is 10.2. The van der Waals surface area contributed by atoms with E-state index in [0.717, 1.165) is 10.6 Å². The van der Waals surface area contributed by atoms with Crippen molar-refractivity contribution in [2.75, 3.05) is 5.32 Å². The average molecular weight is 423 g/mol. The topological polar surface area (TPSA) is 29.1 Å². The molecule has 0 aliphatic heterocycles. The number of amides is 1. The Kier molecular flexibility index (Phi) is 6.49. The Labute approximate surface area is 171 Å². The molecule has 0 heterocycles. The van der Waals surface area contributed by atoms with Gasteiger partial charge in [-0.3, -0.25) is 4.79 Å². The van der Waals surface area contributed by atoms with Gasteiger partial charge in [-0.05, 0) is 29.8 Å². The van der Waals surface area contributed by atoms with Gasteiger partial charge in [0.2, 0.25) is 0 Å². The molecule has 3 rings (SSSR count). The fraction of sp³-hybridized carbons (Fsp3) is 0.0500. The molecule has 0 bridgehead atoms. The van der Waals surface area contributed by atoms with E-state index >= 15 is 0 Å². The zero-order valence-electron chi connectivity index (χ0n) is 13.5. The van der Waals surface area contributed by atoms with Crippen molar-refractivity contribution in [2.24, 2.45) is 0 Å². The Bertz CT molecular complexity index is 932. The Morgan fingerprint density at radius 2 is 1.50 bits per heavy atom. The van der Waals surface area contributed by atoms with Crippen LogP contribution in [0, 0.1) is 0 Å². The maximum atomic E-state index is 12.7. The molecule has 0 fully saturated rings. The van der Waals surface area contributed by atoms with Crippen molar-refractivity contribution in [1.29, 1.82) is 0 Å². The molecule has 0 saturated heterocycles. The standard InChI is InChI=1S/C20H14Cl3NOS/c21-15-10-17(23)18(11-16(15)22)24-20(25)14-8-4-5-9-19(14)26-12-13-6-2-1-3-7-13/h1-11H,12H2,(H,24,25). The highest BCUT2D eigenvalue weighted by molar-refractivity contribution is 7.98. The van der Waals surface area contributed by atoms with Crippen LogP contribution < -0.4 is 5.32 Å². The van der Waals surface area contributed by atoms with Crippen LogP contribution in [0.1, 0.15) is 15.9 Å². The number of nitrogens with one attached hydrogen (secondary N) is 1. The smallest absolute Gasteiger partial charge is 0.256 e. The van der Waals surface area contributed by atoms with Crippen LogP contribution in [-0.4, -0.2) is 5.91 Å². The van der Waals surface area contributed by atoms with Gasteiger partial charge in [0.1, 0.15) is 0 Å². The van der Waals surface area contributed by atoms with Crippen LogP contribution in [0.4, 0.5) is 5.69 Å². The fourth-order valence-electron chi connectivity index (χ4n) is 2.32. The highest BCUT2D eigenvalue weighted by Crippen LogP contribution is 2.33. The number of rotatable bonds is 5. The Balaban J connectivity index is 1.79. The lowest BCUT2D eigenvalue weighted by Gasteiger charge is -2.12. The monoisotopic (exact) mass is 421 g/mol. The summed E-state index contributed by atoms with van der Waals surface area (Å²) in [5.41, 5.74) is 2.20. The van der Waals surface area contributed by atoms with Gasteiger partial charge in [-0.15, -0.1) is 11.8 Å². The lowest BCUT2D eigenvalue weighted by molar-refractivity contribution is 0.102. The molecule has 0 aliphatic carbocycles. The number of hydrogen-bond acceptors (Lipinski definition) is 2. The van der Waals surface area contributed by atoms with Gasteiger partial charge in [0.05, 0.1) is 26.3 Å². The second kappa shape index (κ2) is 8.83. The van der Waals surface area contributed by atoms with Gasteiger partial charge in [-0.2, -0.15) is 0 Å². The van der Waals surface area contributed by atoms with Gasteiger partial charge in [0, 0.05) is 10.6 Å². The van der Waals surface area contributed by atoms with E-state index in [4.69, 9.17) is 34.8 Å². The first kappa shape index (κ1) is 19.1. The predicted molar refractivity (Wildman–Crippen MR) is 112 cm³/mol. The highest BCUT2D eigenvalue weighted by Gasteiger charge is 2.14. The van der Waals surface area contributed by atoms with Crippen LogP contribution in [0.3, 0.4) is 0 Å². The van der Waals surface area contributed by atoms with Crippen molar-refractivity contribution >= 4 is 58.2 Å². The van der Waals surface area contributed by atoms with Gasteiger partial charge in [-0.25, -0.2) is 0 Å². The number of carbonyl (C=O) groups is 1. The molecule has 2 nitrogen and oxygen atoms in total. The largest absolute Gasteiger partial charge is 0.321 e. The Morgan fingerprint density at radius 3 is 2.27 bits per heavy atom. The number of anilines is 1. The summed E-state index contributed by atoms with van der Waals surface area (Å²) >= 11 is 19.7. The molecule has 0 atom stereocenters. The summed E-state index contributed by atoms with van der Waals surface area (Å²) in [6.45, 7) is 0. The van der Waals surface area contributed by atoms with Gasteiger partial charge in [0.15, 0.2) is 0 Å². The van der Waals surface area contributed by atoms with Crippen LogP contribution in [0.25, 0.3) is 0 Å². The van der Waals surface area contributed by atoms with Crippen molar-refractivity contribution in [2.45, 2.75) is 10.6 Å². The van der Waals surface area contributed by atoms with Gasteiger partial charge in [0.25, 0.3) is 5.91 Å². The molecule has 0 spiro atoms. The molecular weight excluding hydrogens is 409 g/mol. The predicted octanol–water partition coefficient (Wildman–Crippen LogP) is 7.19. The molecule has 3 aromatic carbocycles. The third-order valence-corrected chi connectivity index (χ3v) is 5.81. The Hall–Kier alpha value is -1.65. The number of carbonyl (C=O) groups excluding carboxylic acids is 1. The second-order valence-electron chi connectivity index (χ2n) is 5.47. The molecule has 3 aromatic rings. The van der Waals surface area contributed by atoms with E-state index in [0.29, 0.717) is 26.3 Å². The van der Waals surface area contributed by atoms with Crippen molar-refractivity contribution in [3.63, 3.8) is 0 Å². The molecule has 1 amide bonds. The third-order valence-electron chi connectivity index (χ3n) is 3.63. The summed E-state index contributed by atoms with van der Waals surface area (Å²) < 4.78 is 0. The molecule has 0 radical (unpaired) electrons. The van der Waals surface area contributed by atoms with Crippen LogP contribution in [0.5, 0.6) is 0 Å². The van der Waals surface area contributed by atoms with E-state index in [1.54, 1.807) is 23.9 Å². The zero-order chi connectivity index (χ0) is 18.5. The summed E-state index contributed by atoms with van der Waals surface area (Å²) in [6.07, 6.45) is 0. The number of thioether (sulfide) groups is 1. The minimum atomic E-state index is -0.249. The average Bonchev–Trinajstić information content (AvgIpc) is 2.65. The number of benzene rings is 3. The van der Waals surface area contributed by atoms with Crippen LogP contribution in [0.15, 0.2) is 71.6 Å². The molecule has 0 aromatic heterocycles. The quantitative estimate of drug-likeness (QED) is 0.348. The van der Waals surface area contributed by atoms with E-state index in [-0.39, 0.29) is 5.91 Å². The summed E-state index contributed by atoms with van der Waals surface area (Å²) in [5, 5.41) is 3.81. The normalized spacial score (nSPS) is 10.6. The first-order valence-electron chi connectivity index (χ1n) is 7.76.